The van der Waals surface area contributed by atoms with Gasteiger partial charge in [0.25, 0.3) is 0 Å². The predicted octanol–water partition coefficient (Wildman–Crippen LogP) is 4.09. The first-order chi connectivity index (χ1) is 10.0. The minimum absolute atomic E-state index is 0.0697. The van der Waals surface area contributed by atoms with Crippen molar-refractivity contribution < 1.29 is 13.9 Å². The highest BCUT2D eigenvalue weighted by molar-refractivity contribution is 6.30. The molecule has 0 saturated heterocycles. The van der Waals surface area contributed by atoms with E-state index in [9.17, 15) is 4.39 Å². The summed E-state index contributed by atoms with van der Waals surface area (Å²) in [4.78, 5) is 0. The van der Waals surface area contributed by atoms with Gasteiger partial charge in [0.05, 0.1) is 12.1 Å². The zero-order valence-corrected chi connectivity index (χ0v) is 12.7. The third-order valence-electron chi connectivity index (χ3n) is 3.13. The van der Waals surface area contributed by atoms with Crippen molar-refractivity contribution in [1.29, 1.82) is 0 Å². The van der Waals surface area contributed by atoms with Gasteiger partial charge in [-0.25, -0.2) is 4.39 Å². The summed E-state index contributed by atoms with van der Waals surface area (Å²) in [6.07, 6.45) is 0. The van der Waals surface area contributed by atoms with Crippen LogP contribution in [0.4, 0.5) is 4.39 Å². The van der Waals surface area contributed by atoms with Crippen molar-refractivity contribution in [3.05, 3.63) is 58.4 Å². The van der Waals surface area contributed by atoms with Crippen LogP contribution in [0.2, 0.25) is 5.02 Å². The van der Waals surface area contributed by atoms with Crippen LogP contribution >= 0.6 is 11.6 Å². The topological polar surface area (TPSA) is 44.5 Å². The lowest BCUT2D eigenvalue weighted by atomic mass is 10.1. The van der Waals surface area contributed by atoms with Crippen LogP contribution in [0.3, 0.4) is 0 Å². The summed E-state index contributed by atoms with van der Waals surface area (Å²) in [6, 6.07) is 10.1. The monoisotopic (exact) mass is 309 g/mol. The molecule has 0 fully saturated rings. The van der Waals surface area contributed by atoms with E-state index in [4.69, 9.17) is 26.8 Å². The van der Waals surface area contributed by atoms with Crippen molar-refractivity contribution in [1.82, 2.24) is 0 Å². The molecule has 0 bridgehead atoms. The molecular formula is C16H17ClFNO2. The number of nitrogens with two attached hydrogens (primary N) is 1. The van der Waals surface area contributed by atoms with Crippen molar-refractivity contribution in [2.45, 2.75) is 19.6 Å². The Morgan fingerprint density at radius 1 is 1.24 bits per heavy atom. The van der Waals surface area contributed by atoms with Crippen LogP contribution in [-0.2, 0) is 6.61 Å². The highest BCUT2D eigenvalue weighted by Gasteiger charge is 2.11. The van der Waals surface area contributed by atoms with Crippen molar-refractivity contribution in [2.24, 2.45) is 5.73 Å². The Hall–Kier alpha value is -1.78. The molecule has 2 N–H and O–H groups in total. The second-order valence-corrected chi connectivity index (χ2v) is 5.11. The van der Waals surface area contributed by atoms with E-state index in [0.717, 1.165) is 5.56 Å². The molecule has 1 atom stereocenters. The number of ether oxygens (including phenoxy) is 2. The number of benzene rings is 2. The summed E-state index contributed by atoms with van der Waals surface area (Å²) in [5.74, 6) is 0.624. The van der Waals surface area contributed by atoms with Gasteiger partial charge in [-0.3, -0.25) is 0 Å². The first-order valence-corrected chi connectivity index (χ1v) is 6.90. The fourth-order valence-corrected chi connectivity index (χ4v) is 2.10. The molecule has 3 nitrogen and oxygen atoms in total. The molecule has 112 valence electrons. The lowest BCUT2D eigenvalue weighted by Crippen LogP contribution is -2.06. The predicted molar refractivity (Wildman–Crippen MR) is 81.3 cm³/mol. The number of hydrogen-bond acceptors (Lipinski definition) is 3. The lowest BCUT2D eigenvalue weighted by Gasteiger charge is -2.14. The standard InChI is InChI=1S/C16H17ClFNO2/c1-10(19)11-6-7-14(15(8-11)20-2)21-9-12-4-3-5-13(17)16(12)18/h3-8,10H,9,19H2,1-2H3/t10-/m0/s1. The Kier molecular flexibility index (Phi) is 5.04. The minimum atomic E-state index is -0.467. The molecule has 5 heteroatoms. The molecule has 0 aliphatic rings. The van der Waals surface area contributed by atoms with E-state index >= 15 is 0 Å². The molecule has 0 heterocycles. The number of rotatable bonds is 5. The maximum Gasteiger partial charge on any atom is 0.161 e. The van der Waals surface area contributed by atoms with Crippen LogP contribution in [0.5, 0.6) is 11.5 Å². The second kappa shape index (κ2) is 6.78. The van der Waals surface area contributed by atoms with Crippen LogP contribution in [-0.4, -0.2) is 7.11 Å². The van der Waals surface area contributed by atoms with Crippen molar-refractivity contribution >= 4 is 11.6 Å². The maximum atomic E-state index is 13.8. The smallest absolute Gasteiger partial charge is 0.161 e. The van der Waals surface area contributed by atoms with E-state index in [0.29, 0.717) is 17.1 Å². The van der Waals surface area contributed by atoms with E-state index in [-0.39, 0.29) is 17.7 Å². The van der Waals surface area contributed by atoms with Crippen LogP contribution in [0.1, 0.15) is 24.1 Å². The van der Waals surface area contributed by atoms with Gasteiger partial charge in [-0.05, 0) is 30.7 Å². The van der Waals surface area contributed by atoms with Gasteiger partial charge in [0.2, 0.25) is 0 Å². The van der Waals surface area contributed by atoms with Crippen LogP contribution in [0.25, 0.3) is 0 Å². The summed E-state index contributed by atoms with van der Waals surface area (Å²) in [7, 11) is 1.55. The normalized spacial score (nSPS) is 12.0. The van der Waals surface area contributed by atoms with E-state index in [1.54, 1.807) is 25.3 Å². The van der Waals surface area contributed by atoms with E-state index < -0.39 is 5.82 Å². The van der Waals surface area contributed by atoms with Gasteiger partial charge in [-0.1, -0.05) is 29.8 Å². The van der Waals surface area contributed by atoms with E-state index in [2.05, 4.69) is 0 Å². The zero-order chi connectivity index (χ0) is 15.4. The molecule has 0 aliphatic carbocycles. The van der Waals surface area contributed by atoms with Crippen LogP contribution in [0, 0.1) is 5.82 Å². The number of halogens is 2. The Bertz CT molecular complexity index is 632. The summed E-state index contributed by atoms with van der Waals surface area (Å²) < 4.78 is 24.7. The second-order valence-electron chi connectivity index (χ2n) is 4.70. The van der Waals surface area contributed by atoms with E-state index in [1.165, 1.54) is 6.07 Å². The van der Waals surface area contributed by atoms with Gasteiger partial charge in [0, 0.05) is 11.6 Å². The Morgan fingerprint density at radius 2 is 2.00 bits per heavy atom. The van der Waals surface area contributed by atoms with Gasteiger partial charge in [0.15, 0.2) is 11.5 Å². The SMILES string of the molecule is COc1cc([C@H](C)N)ccc1OCc1cccc(Cl)c1F. The molecule has 2 aromatic carbocycles. The lowest BCUT2D eigenvalue weighted by molar-refractivity contribution is 0.279. The average molecular weight is 310 g/mol. The van der Waals surface area contributed by atoms with Gasteiger partial charge in [-0.2, -0.15) is 0 Å². The third-order valence-corrected chi connectivity index (χ3v) is 3.42. The van der Waals surface area contributed by atoms with Gasteiger partial charge in [-0.15, -0.1) is 0 Å². The molecule has 21 heavy (non-hydrogen) atoms. The minimum Gasteiger partial charge on any atom is -0.493 e. The average Bonchev–Trinajstić information content (AvgIpc) is 2.48. The molecule has 2 rings (SSSR count). The molecule has 0 aromatic heterocycles. The maximum absolute atomic E-state index is 13.8. The van der Waals surface area contributed by atoms with Crippen molar-refractivity contribution in [3.63, 3.8) is 0 Å². The molecule has 0 unspecified atom stereocenters. The van der Waals surface area contributed by atoms with Crippen LogP contribution < -0.4 is 15.2 Å². The molecular weight excluding hydrogens is 293 g/mol. The summed E-state index contributed by atoms with van der Waals surface area (Å²) in [5.41, 5.74) is 7.16. The first kappa shape index (κ1) is 15.6. The van der Waals surface area contributed by atoms with Gasteiger partial charge >= 0.3 is 0 Å². The van der Waals surface area contributed by atoms with Crippen LogP contribution in [0.15, 0.2) is 36.4 Å². The summed E-state index contributed by atoms with van der Waals surface area (Å²) in [6.45, 7) is 1.96. The first-order valence-electron chi connectivity index (χ1n) is 6.52. The fourth-order valence-electron chi connectivity index (χ4n) is 1.90. The molecule has 0 saturated carbocycles. The highest BCUT2D eigenvalue weighted by atomic mass is 35.5. The molecule has 0 aliphatic heterocycles. The Balaban J connectivity index is 2.18. The molecule has 2 aromatic rings. The van der Waals surface area contributed by atoms with Crippen molar-refractivity contribution in [3.8, 4) is 11.5 Å². The summed E-state index contributed by atoms with van der Waals surface area (Å²) in [5, 5.41) is 0.0790. The van der Waals surface area contributed by atoms with Gasteiger partial charge in [0.1, 0.15) is 12.4 Å². The number of hydrogen-bond donors (Lipinski definition) is 1. The molecule has 0 radical (unpaired) electrons. The Labute approximate surface area is 128 Å². The third kappa shape index (κ3) is 3.65. The largest absolute Gasteiger partial charge is 0.493 e. The van der Waals surface area contributed by atoms with E-state index in [1.807, 2.05) is 19.1 Å². The summed E-state index contributed by atoms with van der Waals surface area (Å²) >= 11 is 5.74. The highest BCUT2D eigenvalue weighted by Crippen LogP contribution is 2.31. The number of methoxy groups -OCH3 is 1. The fraction of sp³-hybridized carbons (Fsp3) is 0.250. The molecule has 0 amide bonds. The molecule has 0 spiro atoms. The quantitative estimate of drug-likeness (QED) is 0.905. The Morgan fingerprint density at radius 3 is 2.67 bits per heavy atom. The van der Waals surface area contributed by atoms with Gasteiger partial charge < -0.3 is 15.2 Å². The van der Waals surface area contributed by atoms with Crippen molar-refractivity contribution in [2.75, 3.05) is 7.11 Å². The zero-order valence-electron chi connectivity index (χ0n) is 11.9.